The highest BCUT2D eigenvalue weighted by molar-refractivity contribution is 6.37. The van der Waals surface area contributed by atoms with Crippen molar-refractivity contribution in [2.24, 2.45) is 0 Å². The van der Waals surface area contributed by atoms with Gasteiger partial charge in [-0.1, -0.05) is 29.3 Å². The Kier molecular flexibility index (Phi) is 4.90. The van der Waals surface area contributed by atoms with Gasteiger partial charge in [0.2, 0.25) is 0 Å². The number of halogens is 2. The Bertz CT molecular complexity index is 359. The molecule has 16 heavy (non-hydrogen) atoms. The average Bonchev–Trinajstić information content (AvgIpc) is 2.23. The van der Waals surface area contributed by atoms with Gasteiger partial charge in [-0.05, 0) is 26.0 Å². The first-order valence-electron chi connectivity index (χ1n) is 4.83. The van der Waals surface area contributed by atoms with Gasteiger partial charge in [0, 0.05) is 0 Å². The van der Waals surface area contributed by atoms with E-state index in [1.807, 2.05) is 0 Å². The van der Waals surface area contributed by atoms with Crippen LogP contribution in [0.1, 0.15) is 13.8 Å². The molecule has 0 amide bonds. The van der Waals surface area contributed by atoms with Crippen molar-refractivity contribution in [2.75, 3.05) is 6.61 Å². The number of hydrogen-bond acceptors (Lipinski definition) is 3. The minimum absolute atomic E-state index is 0.298. The molecule has 0 radical (unpaired) electrons. The molecule has 0 fully saturated rings. The van der Waals surface area contributed by atoms with Gasteiger partial charge in [0.25, 0.3) is 0 Å². The van der Waals surface area contributed by atoms with Crippen molar-refractivity contribution in [3.8, 4) is 5.75 Å². The molecule has 5 heteroatoms. The van der Waals surface area contributed by atoms with Crippen molar-refractivity contribution in [3.63, 3.8) is 0 Å². The largest absolute Gasteiger partial charge is 0.476 e. The van der Waals surface area contributed by atoms with E-state index in [9.17, 15) is 4.79 Å². The summed E-state index contributed by atoms with van der Waals surface area (Å²) in [5, 5.41) is 0.729. The molecule has 0 aromatic heterocycles. The fourth-order valence-electron chi connectivity index (χ4n) is 1.08. The number of esters is 1. The number of carbonyl (C=O) groups is 1. The third kappa shape index (κ3) is 3.29. The molecule has 0 aliphatic rings. The zero-order valence-corrected chi connectivity index (χ0v) is 10.5. The molecule has 0 spiro atoms. The molecule has 0 aliphatic carbocycles. The van der Waals surface area contributed by atoms with Crippen LogP contribution in [0.25, 0.3) is 0 Å². The molecule has 0 aliphatic heterocycles. The molecule has 1 aromatic rings. The number of ether oxygens (including phenoxy) is 2. The van der Waals surface area contributed by atoms with Crippen LogP contribution in [0.3, 0.4) is 0 Å². The highest BCUT2D eigenvalue weighted by Crippen LogP contribution is 2.33. The van der Waals surface area contributed by atoms with Gasteiger partial charge in [-0.3, -0.25) is 0 Å². The standard InChI is InChI=1S/C11H12Cl2O3/c1-3-15-11(14)7(2)16-10-8(12)5-4-6-9(10)13/h4-7H,3H2,1-2H3/t7-/m0/s1. The van der Waals surface area contributed by atoms with Gasteiger partial charge < -0.3 is 9.47 Å². The predicted octanol–water partition coefficient (Wildman–Crippen LogP) is 3.32. The Morgan fingerprint density at radius 2 is 1.94 bits per heavy atom. The lowest BCUT2D eigenvalue weighted by Crippen LogP contribution is -2.26. The monoisotopic (exact) mass is 262 g/mol. The van der Waals surface area contributed by atoms with Crippen molar-refractivity contribution in [1.29, 1.82) is 0 Å². The van der Waals surface area contributed by atoms with Crippen molar-refractivity contribution >= 4 is 29.2 Å². The number of benzene rings is 1. The van der Waals surface area contributed by atoms with Crippen LogP contribution in [-0.2, 0) is 9.53 Å². The highest BCUT2D eigenvalue weighted by Gasteiger charge is 2.18. The second-order valence-electron chi connectivity index (χ2n) is 3.06. The normalized spacial score (nSPS) is 12.0. The molecule has 0 heterocycles. The van der Waals surface area contributed by atoms with Crippen molar-refractivity contribution in [1.82, 2.24) is 0 Å². The minimum atomic E-state index is -0.739. The van der Waals surface area contributed by atoms with Crippen LogP contribution in [0.15, 0.2) is 18.2 Å². The predicted molar refractivity (Wildman–Crippen MR) is 63.2 cm³/mol. The highest BCUT2D eigenvalue weighted by atomic mass is 35.5. The second-order valence-corrected chi connectivity index (χ2v) is 3.88. The molecule has 1 rings (SSSR count). The molecule has 0 N–H and O–H groups in total. The molecule has 88 valence electrons. The van der Waals surface area contributed by atoms with Crippen molar-refractivity contribution in [3.05, 3.63) is 28.2 Å². The molecule has 0 unspecified atom stereocenters. The summed E-state index contributed by atoms with van der Waals surface area (Å²) in [6, 6.07) is 4.98. The van der Waals surface area contributed by atoms with Crippen LogP contribution in [-0.4, -0.2) is 18.7 Å². The van der Waals surface area contributed by atoms with E-state index in [2.05, 4.69) is 0 Å². The zero-order chi connectivity index (χ0) is 12.1. The lowest BCUT2D eigenvalue weighted by molar-refractivity contribution is -0.150. The number of para-hydroxylation sites is 1. The third-order valence-electron chi connectivity index (χ3n) is 1.83. The maximum Gasteiger partial charge on any atom is 0.347 e. The van der Waals surface area contributed by atoms with Crippen LogP contribution < -0.4 is 4.74 Å². The average molecular weight is 263 g/mol. The van der Waals surface area contributed by atoms with Crippen LogP contribution in [0.2, 0.25) is 10.0 Å². The fourth-order valence-corrected chi connectivity index (χ4v) is 1.57. The maximum atomic E-state index is 11.3. The fraction of sp³-hybridized carbons (Fsp3) is 0.364. The first kappa shape index (κ1) is 13.1. The van der Waals surface area contributed by atoms with Gasteiger partial charge in [0.05, 0.1) is 16.7 Å². The summed E-state index contributed by atoms with van der Waals surface area (Å²) in [4.78, 5) is 11.3. The molecule has 1 atom stereocenters. The summed E-state index contributed by atoms with van der Waals surface area (Å²) in [5.41, 5.74) is 0. The molecule has 0 saturated carbocycles. The van der Waals surface area contributed by atoms with E-state index in [4.69, 9.17) is 32.7 Å². The van der Waals surface area contributed by atoms with E-state index < -0.39 is 12.1 Å². The summed E-state index contributed by atoms with van der Waals surface area (Å²) in [6.45, 7) is 3.62. The topological polar surface area (TPSA) is 35.5 Å². The van der Waals surface area contributed by atoms with E-state index in [1.165, 1.54) is 0 Å². The number of hydrogen-bond donors (Lipinski definition) is 0. The quantitative estimate of drug-likeness (QED) is 0.781. The summed E-state index contributed by atoms with van der Waals surface area (Å²) in [6.07, 6.45) is -0.739. The van der Waals surface area contributed by atoms with Gasteiger partial charge in [-0.25, -0.2) is 4.79 Å². The zero-order valence-electron chi connectivity index (χ0n) is 9.00. The summed E-state index contributed by atoms with van der Waals surface area (Å²) >= 11 is 11.8. The summed E-state index contributed by atoms with van der Waals surface area (Å²) < 4.78 is 10.2. The first-order chi connectivity index (χ1) is 7.56. The van der Waals surface area contributed by atoms with Crippen LogP contribution in [0.5, 0.6) is 5.75 Å². The molecule has 0 bridgehead atoms. The Labute approximate surface area is 104 Å². The van der Waals surface area contributed by atoms with Crippen LogP contribution in [0, 0.1) is 0 Å². The maximum absolute atomic E-state index is 11.3. The van der Waals surface area contributed by atoms with Gasteiger partial charge in [-0.15, -0.1) is 0 Å². The Hall–Kier alpha value is -0.930. The third-order valence-corrected chi connectivity index (χ3v) is 2.43. The van der Waals surface area contributed by atoms with Gasteiger partial charge in [0.1, 0.15) is 0 Å². The van der Waals surface area contributed by atoms with E-state index in [1.54, 1.807) is 32.0 Å². The van der Waals surface area contributed by atoms with E-state index in [0.29, 0.717) is 22.4 Å². The van der Waals surface area contributed by atoms with Gasteiger partial charge in [-0.2, -0.15) is 0 Å². The molecular formula is C11H12Cl2O3. The number of carbonyl (C=O) groups excluding carboxylic acids is 1. The molecule has 1 aromatic carbocycles. The Balaban J connectivity index is 2.76. The second kappa shape index (κ2) is 5.97. The van der Waals surface area contributed by atoms with Crippen LogP contribution in [0.4, 0.5) is 0 Å². The van der Waals surface area contributed by atoms with Crippen molar-refractivity contribution < 1.29 is 14.3 Å². The number of rotatable bonds is 4. The molecule has 0 saturated heterocycles. The summed E-state index contributed by atoms with van der Waals surface area (Å²) in [7, 11) is 0. The molecular weight excluding hydrogens is 251 g/mol. The van der Waals surface area contributed by atoms with E-state index in [-0.39, 0.29) is 0 Å². The lowest BCUT2D eigenvalue weighted by atomic mass is 10.3. The Morgan fingerprint density at radius 3 is 2.44 bits per heavy atom. The lowest BCUT2D eigenvalue weighted by Gasteiger charge is -2.15. The van der Waals surface area contributed by atoms with E-state index >= 15 is 0 Å². The SMILES string of the molecule is CCOC(=O)[C@H](C)Oc1c(Cl)cccc1Cl. The smallest absolute Gasteiger partial charge is 0.347 e. The molecule has 3 nitrogen and oxygen atoms in total. The van der Waals surface area contributed by atoms with Crippen molar-refractivity contribution in [2.45, 2.75) is 20.0 Å². The summed E-state index contributed by atoms with van der Waals surface area (Å²) in [5.74, 6) is -0.148. The van der Waals surface area contributed by atoms with Gasteiger partial charge >= 0.3 is 5.97 Å². The van der Waals surface area contributed by atoms with Gasteiger partial charge in [0.15, 0.2) is 11.9 Å². The van der Waals surface area contributed by atoms with E-state index in [0.717, 1.165) is 0 Å². The minimum Gasteiger partial charge on any atom is -0.476 e. The Morgan fingerprint density at radius 1 is 1.38 bits per heavy atom. The van der Waals surface area contributed by atoms with Crippen LogP contribution >= 0.6 is 23.2 Å². The first-order valence-corrected chi connectivity index (χ1v) is 5.59.